The van der Waals surface area contributed by atoms with Gasteiger partial charge in [-0.3, -0.25) is 4.79 Å². The Kier molecular flexibility index (Phi) is 3.54. The van der Waals surface area contributed by atoms with E-state index in [0.29, 0.717) is 10.8 Å². The molecule has 2 aliphatic heterocycles. The van der Waals surface area contributed by atoms with Crippen molar-refractivity contribution < 1.29 is 4.79 Å². The summed E-state index contributed by atoms with van der Waals surface area (Å²) in [7, 11) is 0. The summed E-state index contributed by atoms with van der Waals surface area (Å²) >= 11 is 9.75. The van der Waals surface area contributed by atoms with E-state index in [9.17, 15) is 4.79 Å². The Morgan fingerprint density at radius 3 is 2.70 bits per heavy atom. The van der Waals surface area contributed by atoms with Crippen molar-refractivity contribution in [3.8, 4) is 0 Å². The fourth-order valence-electron chi connectivity index (χ4n) is 3.11. The number of rotatable bonds is 1. The van der Waals surface area contributed by atoms with Crippen LogP contribution in [0.5, 0.6) is 0 Å². The molecule has 1 aromatic rings. The summed E-state index contributed by atoms with van der Waals surface area (Å²) in [6, 6.07) is 0. The summed E-state index contributed by atoms with van der Waals surface area (Å²) in [5.74, 6) is 0.542. The first-order chi connectivity index (χ1) is 9.53. The number of nitrogen functional groups attached to an aromatic ring is 1. The highest BCUT2D eigenvalue weighted by Crippen LogP contribution is 2.43. The second kappa shape index (κ2) is 5.07. The Balaban J connectivity index is 1.82. The van der Waals surface area contributed by atoms with Gasteiger partial charge in [0.2, 0.25) is 5.91 Å². The molecule has 2 saturated heterocycles. The number of nitrogens with zero attached hydrogens (tertiary/aromatic N) is 2. The smallest absolute Gasteiger partial charge is 0.226 e. The number of amides is 1. The largest absolute Gasteiger partial charge is 0.382 e. The Morgan fingerprint density at radius 1 is 1.40 bits per heavy atom. The summed E-state index contributed by atoms with van der Waals surface area (Å²) in [5.41, 5.74) is 6.49. The number of carbonyl (C=O) groups excluding carboxylic acids is 1. The minimum Gasteiger partial charge on any atom is -0.382 e. The Hall–Kier alpha value is -1.01. The molecule has 0 atom stereocenters. The molecule has 3 heterocycles. The molecule has 5 nitrogen and oxygen atoms in total. The first-order valence-electron chi connectivity index (χ1n) is 6.66. The lowest BCUT2D eigenvalue weighted by molar-refractivity contribution is -0.128. The summed E-state index contributed by atoms with van der Waals surface area (Å²) in [4.78, 5) is 18.2. The molecule has 20 heavy (non-hydrogen) atoms. The number of nitrogens with two attached hydrogens (primary N) is 1. The molecule has 0 radical (unpaired) electrons. The van der Waals surface area contributed by atoms with Gasteiger partial charge in [-0.15, -0.1) is 0 Å². The van der Waals surface area contributed by atoms with Crippen LogP contribution in [0.2, 0.25) is 5.02 Å². The molecule has 0 aliphatic carbocycles. The first kappa shape index (κ1) is 13.9. The Morgan fingerprint density at radius 2 is 2.10 bits per heavy atom. The third-order valence-electron chi connectivity index (χ3n) is 4.38. The average molecular weight is 360 g/mol. The SMILES string of the molecule is Nc1ncc(Br)c(N2CCC3(CCNC3=O)CC2)c1Cl. The van der Waals surface area contributed by atoms with Crippen LogP contribution in [-0.2, 0) is 4.79 Å². The van der Waals surface area contributed by atoms with Crippen LogP contribution in [0.15, 0.2) is 10.7 Å². The van der Waals surface area contributed by atoms with Crippen LogP contribution in [0.4, 0.5) is 11.5 Å². The minimum atomic E-state index is -0.173. The molecule has 3 N–H and O–H groups in total. The van der Waals surface area contributed by atoms with E-state index in [1.807, 2.05) is 0 Å². The maximum atomic E-state index is 12.0. The molecule has 0 bridgehead atoms. The van der Waals surface area contributed by atoms with Gasteiger partial charge in [-0.2, -0.15) is 0 Å². The van der Waals surface area contributed by atoms with Crippen molar-refractivity contribution in [3.63, 3.8) is 0 Å². The van der Waals surface area contributed by atoms with E-state index in [2.05, 4.69) is 31.1 Å². The van der Waals surface area contributed by atoms with Crippen LogP contribution in [-0.4, -0.2) is 30.5 Å². The van der Waals surface area contributed by atoms with Crippen LogP contribution in [0.3, 0.4) is 0 Å². The zero-order valence-corrected chi connectivity index (χ0v) is 13.3. The monoisotopic (exact) mass is 358 g/mol. The third kappa shape index (κ3) is 2.15. The topological polar surface area (TPSA) is 71.2 Å². The maximum Gasteiger partial charge on any atom is 0.226 e. The number of piperidine rings is 1. The summed E-state index contributed by atoms with van der Waals surface area (Å²) in [6.07, 6.45) is 4.31. The molecule has 2 fully saturated rings. The predicted octanol–water partition coefficient (Wildman–Crippen LogP) is 2.19. The van der Waals surface area contributed by atoms with E-state index in [0.717, 1.165) is 49.1 Å². The number of carbonyl (C=O) groups is 1. The van der Waals surface area contributed by atoms with Crippen LogP contribution in [0.1, 0.15) is 19.3 Å². The minimum absolute atomic E-state index is 0.173. The number of hydrogen-bond donors (Lipinski definition) is 2. The normalized spacial score (nSPS) is 21.3. The number of halogens is 2. The average Bonchev–Trinajstić information content (AvgIpc) is 2.78. The highest BCUT2D eigenvalue weighted by atomic mass is 79.9. The van der Waals surface area contributed by atoms with Gasteiger partial charge in [0.05, 0.1) is 15.6 Å². The molecule has 7 heteroatoms. The molecule has 3 rings (SSSR count). The number of anilines is 2. The number of nitrogens with one attached hydrogen (secondary N) is 1. The lowest BCUT2D eigenvalue weighted by atomic mass is 9.77. The highest BCUT2D eigenvalue weighted by molar-refractivity contribution is 9.10. The lowest BCUT2D eigenvalue weighted by Crippen LogP contribution is -2.44. The van der Waals surface area contributed by atoms with Gasteiger partial charge in [0, 0.05) is 25.8 Å². The van der Waals surface area contributed by atoms with E-state index in [1.165, 1.54) is 0 Å². The predicted molar refractivity (Wildman–Crippen MR) is 82.9 cm³/mol. The Labute approximate surface area is 131 Å². The van der Waals surface area contributed by atoms with Gasteiger partial charge in [-0.1, -0.05) is 11.6 Å². The third-order valence-corrected chi connectivity index (χ3v) is 5.34. The van der Waals surface area contributed by atoms with Gasteiger partial charge in [0.15, 0.2) is 0 Å². The van der Waals surface area contributed by atoms with E-state index < -0.39 is 0 Å². The van der Waals surface area contributed by atoms with Crippen molar-refractivity contribution in [2.45, 2.75) is 19.3 Å². The van der Waals surface area contributed by atoms with Gasteiger partial charge >= 0.3 is 0 Å². The fourth-order valence-corrected chi connectivity index (χ4v) is 4.05. The number of aromatic nitrogens is 1. The molecule has 0 saturated carbocycles. The van der Waals surface area contributed by atoms with Gasteiger partial charge in [-0.25, -0.2) is 4.98 Å². The van der Waals surface area contributed by atoms with Crippen LogP contribution in [0.25, 0.3) is 0 Å². The Bertz CT molecular complexity index is 558. The van der Waals surface area contributed by atoms with Crippen molar-refractivity contribution in [3.05, 3.63) is 15.7 Å². The standard InChI is InChI=1S/C13H16BrClN4O/c14-8-7-18-11(16)9(15)10(8)19-5-2-13(3-6-19)1-4-17-12(13)20/h7H,1-6H2,(H2,16,18)(H,17,20). The van der Waals surface area contributed by atoms with Crippen LogP contribution >= 0.6 is 27.5 Å². The molecule has 108 valence electrons. The lowest BCUT2D eigenvalue weighted by Gasteiger charge is -2.39. The van der Waals surface area contributed by atoms with E-state index in [4.69, 9.17) is 17.3 Å². The van der Waals surface area contributed by atoms with Gasteiger partial charge in [-0.05, 0) is 35.2 Å². The molecule has 0 unspecified atom stereocenters. The molecule has 1 amide bonds. The molecule has 1 aromatic heterocycles. The van der Waals surface area contributed by atoms with Gasteiger partial charge in [0.25, 0.3) is 0 Å². The second-order valence-electron chi connectivity index (χ2n) is 5.43. The molecule has 2 aliphatic rings. The molecule has 0 aromatic carbocycles. The molecular weight excluding hydrogens is 344 g/mol. The quantitative estimate of drug-likeness (QED) is 0.806. The summed E-state index contributed by atoms with van der Waals surface area (Å²) < 4.78 is 0.837. The molecule has 1 spiro atoms. The van der Waals surface area contributed by atoms with Crippen molar-refractivity contribution >= 4 is 44.9 Å². The van der Waals surface area contributed by atoms with Crippen LogP contribution in [0, 0.1) is 5.41 Å². The zero-order chi connectivity index (χ0) is 14.3. The van der Waals surface area contributed by atoms with E-state index in [1.54, 1.807) is 6.20 Å². The van der Waals surface area contributed by atoms with Crippen molar-refractivity contribution in [2.24, 2.45) is 5.41 Å². The van der Waals surface area contributed by atoms with Gasteiger partial charge < -0.3 is 16.0 Å². The van der Waals surface area contributed by atoms with E-state index in [-0.39, 0.29) is 11.3 Å². The highest BCUT2D eigenvalue weighted by Gasteiger charge is 2.44. The second-order valence-corrected chi connectivity index (χ2v) is 6.66. The number of pyridine rings is 1. The van der Waals surface area contributed by atoms with Gasteiger partial charge in [0.1, 0.15) is 10.8 Å². The summed E-state index contributed by atoms with van der Waals surface area (Å²) in [6.45, 7) is 2.40. The van der Waals surface area contributed by atoms with E-state index >= 15 is 0 Å². The first-order valence-corrected chi connectivity index (χ1v) is 7.83. The van der Waals surface area contributed by atoms with Crippen LogP contribution < -0.4 is 16.0 Å². The number of hydrogen-bond acceptors (Lipinski definition) is 4. The summed E-state index contributed by atoms with van der Waals surface area (Å²) in [5, 5.41) is 3.42. The van der Waals surface area contributed by atoms with Crippen molar-refractivity contribution in [1.29, 1.82) is 0 Å². The van der Waals surface area contributed by atoms with Crippen molar-refractivity contribution in [1.82, 2.24) is 10.3 Å². The maximum absolute atomic E-state index is 12.0. The van der Waals surface area contributed by atoms with Crippen molar-refractivity contribution in [2.75, 3.05) is 30.3 Å². The molecular formula is C13H16BrClN4O. The zero-order valence-electron chi connectivity index (χ0n) is 11.0. The fraction of sp³-hybridized carbons (Fsp3) is 0.538.